The fourth-order valence-corrected chi connectivity index (χ4v) is 4.81. The number of carbonyl (C=O) groups excluding carboxylic acids is 2. The summed E-state index contributed by atoms with van der Waals surface area (Å²) in [5, 5.41) is 5.94. The minimum Gasteiger partial charge on any atom is -0.480 e. The molecule has 1 atom stereocenters. The lowest BCUT2D eigenvalue weighted by atomic mass is 10.0. The first kappa shape index (κ1) is 23.1. The van der Waals surface area contributed by atoms with Crippen molar-refractivity contribution < 1.29 is 14.3 Å². The SMILES string of the molecule is O=C(NCc1ccccc1CN1CCCCC1)c1cccc(NC(=O)C2Cc3ccccc3O2)c1. The maximum Gasteiger partial charge on any atom is 0.265 e. The van der Waals surface area contributed by atoms with Crippen LogP contribution in [-0.4, -0.2) is 35.9 Å². The van der Waals surface area contributed by atoms with Gasteiger partial charge in [0.15, 0.2) is 6.10 Å². The molecule has 3 aromatic rings. The molecular weight excluding hydrogens is 438 g/mol. The number of rotatable bonds is 7. The first-order valence-corrected chi connectivity index (χ1v) is 12.4. The standard InChI is InChI=1S/C29H31N3O3/c33-28(30-19-23-10-2-3-11-24(23)20-32-15-6-1-7-16-32)22-12-8-13-25(17-22)31-29(34)27-18-21-9-4-5-14-26(21)35-27/h2-5,8-14,17,27H,1,6-7,15-16,18-20H2,(H,30,33)(H,31,34). The van der Waals surface area contributed by atoms with Gasteiger partial charge in [-0.15, -0.1) is 0 Å². The molecule has 0 bridgehead atoms. The van der Waals surface area contributed by atoms with Crippen LogP contribution in [0.5, 0.6) is 5.75 Å². The van der Waals surface area contributed by atoms with Gasteiger partial charge < -0.3 is 15.4 Å². The van der Waals surface area contributed by atoms with Gasteiger partial charge in [0.1, 0.15) is 5.75 Å². The summed E-state index contributed by atoms with van der Waals surface area (Å²) in [7, 11) is 0. The Morgan fingerprint density at radius 3 is 2.49 bits per heavy atom. The molecule has 0 aromatic heterocycles. The molecule has 1 saturated heterocycles. The van der Waals surface area contributed by atoms with E-state index < -0.39 is 6.10 Å². The summed E-state index contributed by atoms with van der Waals surface area (Å²) in [6.45, 7) is 3.66. The number of benzene rings is 3. The molecule has 3 aromatic carbocycles. The number of nitrogens with one attached hydrogen (secondary N) is 2. The number of ether oxygens (including phenoxy) is 1. The van der Waals surface area contributed by atoms with Gasteiger partial charge in [-0.3, -0.25) is 14.5 Å². The van der Waals surface area contributed by atoms with E-state index in [-0.39, 0.29) is 11.8 Å². The van der Waals surface area contributed by atoms with E-state index in [1.54, 1.807) is 24.3 Å². The van der Waals surface area contributed by atoms with E-state index in [4.69, 9.17) is 4.74 Å². The minimum absolute atomic E-state index is 0.168. The van der Waals surface area contributed by atoms with Crippen LogP contribution in [0.4, 0.5) is 5.69 Å². The molecule has 0 radical (unpaired) electrons. The summed E-state index contributed by atoms with van der Waals surface area (Å²) in [6.07, 6.45) is 3.80. The molecule has 1 unspecified atom stereocenters. The molecule has 0 spiro atoms. The normalized spacial score (nSPS) is 17.3. The number of carbonyl (C=O) groups is 2. The summed E-state index contributed by atoms with van der Waals surface area (Å²) >= 11 is 0. The smallest absolute Gasteiger partial charge is 0.265 e. The molecule has 0 saturated carbocycles. The van der Waals surface area contributed by atoms with Crippen LogP contribution in [-0.2, 0) is 24.3 Å². The van der Waals surface area contributed by atoms with Gasteiger partial charge in [0, 0.05) is 30.8 Å². The Morgan fingerprint density at radius 2 is 1.66 bits per heavy atom. The lowest BCUT2D eigenvalue weighted by molar-refractivity contribution is -0.122. The lowest BCUT2D eigenvalue weighted by Gasteiger charge is -2.27. The summed E-state index contributed by atoms with van der Waals surface area (Å²) in [4.78, 5) is 28.1. The van der Waals surface area contributed by atoms with Gasteiger partial charge in [-0.25, -0.2) is 0 Å². The fraction of sp³-hybridized carbons (Fsp3) is 0.310. The zero-order valence-corrected chi connectivity index (χ0v) is 19.8. The van der Waals surface area contributed by atoms with Crippen LogP contribution in [0.2, 0.25) is 0 Å². The summed E-state index contributed by atoms with van der Waals surface area (Å²) in [6, 6.07) is 23.0. The fourth-order valence-electron chi connectivity index (χ4n) is 4.81. The largest absolute Gasteiger partial charge is 0.480 e. The maximum absolute atomic E-state index is 12.9. The molecule has 2 aliphatic heterocycles. The highest BCUT2D eigenvalue weighted by molar-refractivity contribution is 5.98. The van der Waals surface area contributed by atoms with E-state index >= 15 is 0 Å². The molecule has 6 nitrogen and oxygen atoms in total. The predicted molar refractivity (Wildman–Crippen MR) is 136 cm³/mol. The van der Waals surface area contributed by atoms with Crippen LogP contribution in [0.25, 0.3) is 0 Å². The van der Waals surface area contributed by atoms with Crippen LogP contribution in [0.15, 0.2) is 72.8 Å². The van der Waals surface area contributed by atoms with Gasteiger partial charge in [-0.1, -0.05) is 55.0 Å². The van der Waals surface area contributed by atoms with Crippen molar-refractivity contribution in [3.05, 3.63) is 95.1 Å². The molecule has 0 aliphatic carbocycles. The Bertz CT molecular complexity index is 1180. The molecule has 5 rings (SSSR count). The van der Waals surface area contributed by atoms with Gasteiger partial charge in [0.05, 0.1) is 0 Å². The van der Waals surface area contributed by atoms with Crippen molar-refractivity contribution in [1.82, 2.24) is 10.2 Å². The number of nitrogens with zero attached hydrogens (tertiary/aromatic N) is 1. The van der Waals surface area contributed by atoms with Gasteiger partial charge in [-0.05, 0) is 66.9 Å². The average Bonchev–Trinajstić information content (AvgIpc) is 3.33. The van der Waals surface area contributed by atoms with Crippen LogP contribution in [0, 0.1) is 0 Å². The minimum atomic E-state index is -0.568. The molecule has 2 N–H and O–H groups in total. The molecule has 2 amide bonds. The lowest BCUT2D eigenvalue weighted by Crippen LogP contribution is -2.31. The first-order valence-electron chi connectivity index (χ1n) is 12.4. The number of anilines is 1. The van der Waals surface area contributed by atoms with Crippen molar-refractivity contribution in [2.24, 2.45) is 0 Å². The zero-order valence-electron chi connectivity index (χ0n) is 19.8. The topological polar surface area (TPSA) is 70.7 Å². The van der Waals surface area contributed by atoms with Crippen molar-refractivity contribution in [3.63, 3.8) is 0 Å². The average molecular weight is 470 g/mol. The number of para-hydroxylation sites is 1. The van der Waals surface area contributed by atoms with Crippen molar-refractivity contribution in [1.29, 1.82) is 0 Å². The van der Waals surface area contributed by atoms with Gasteiger partial charge in [0.2, 0.25) is 0 Å². The first-order chi connectivity index (χ1) is 17.2. The van der Waals surface area contributed by atoms with E-state index in [2.05, 4.69) is 33.7 Å². The zero-order chi connectivity index (χ0) is 24.0. The third-order valence-electron chi connectivity index (χ3n) is 6.73. The Balaban J connectivity index is 1.18. The Hall–Kier alpha value is -3.64. The number of hydrogen-bond donors (Lipinski definition) is 2. The van der Waals surface area contributed by atoms with Crippen LogP contribution in [0.1, 0.15) is 46.3 Å². The van der Waals surface area contributed by atoms with Crippen LogP contribution >= 0.6 is 0 Å². The van der Waals surface area contributed by atoms with Crippen molar-refractivity contribution >= 4 is 17.5 Å². The number of amides is 2. The molecule has 2 heterocycles. The molecular formula is C29H31N3O3. The Morgan fingerprint density at radius 1 is 0.886 bits per heavy atom. The highest BCUT2D eigenvalue weighted by Gasteiger charge is 2.28. The predicted octanol–water partition coefficient (Wildman–Crippen LogP) is 4.54. The summed E-state index contributed by atoms with van der Waals surface area (Å²) < 4.78 is 5.78. The second-order valence-electron chi connectivity index (χ2n) is 9.28. The molecule has 35 heavy (non-hydrogen) atoms. The van der Waals surface area contributed by atoms with Crippen LogP contribution in [0.3, 0.4) is 0 Å². The van der Waals surface area contributed by atoms with Crippen molar-refractivity contribution in [2.45, 2.75) is 44.9 Å². The van der Waals surface area contributed by atoms with E-state index in [1.165, 1.54) is 24.8 Å². The third-order valence-corrected chi connectivity index (χ3v) is 6.73. The third kappa shape index (κ3) is 5.72. The van der Waals surface area contributed by atoms with Gasteiger partial charge in [-0.2, -0.15) is 0 Å². The van der Waals surface area contributed by atoms with E-state index in [9.17, 15) is 9.59 Å². The van der Waals surface area contributed by atoms with Gasteiger partial charge in [0.25, 0.3) is 11.8 Å². The van der Waals surface area contributed by atoms with Crippen molar-refractivity contribution in [3.8, 4) is 5.75 Å². The number of fused-ring (bicyclic) bond motifs is 1. The molecule has 2 aliphatic rings. The number of likely N-dealkylation sites (tertiary alicyclic amines) is 1. The Kier molecular flexibility index (Phi) is 7.09. The number of hydrogen-bond acceptors (Lipinski definition) is 4. The second-order valence-corrected chi connectivity index (χ2v) is 9.28. The number of piperidine rings is 1. The quantitative estimate of drug-likeness (QED) is 0.533. The van der Waals surface area contributed by atoms with E-state index in [0.29, 0.717) is 24.2 Å². The highest BCUT2D eigenvalue weighted by Crippen LogP contribution is 2.28. The van der Waals surface area contributed by atoms with E-state index in [0.717, 1.165) is 36.5 Å². The van der Waals surface area contributed by atoms with Crippen molar-refractivity contribution in [2.75, 3.05) is 18.4 Å². The van der Waals surface area contributed by atoms with E-state index in [1.807, 2.05) is 30.3 Å². The van der Waals surface area contributed by atoms with Gasteiger partial charge >= 0.3 is 0 Å². The second kappa shape index (κ2) is 10.7. The molecule has 1 fully saturated rings. The maximum atomic E-state index is 12.9. The molecule has 6 heteroatoms. The summed E-state index contributed by atoms with van der Waals surface area (Å²) in [5.74, 6) is 0.366. The summed E-state index contributed by atoms with van der Waals surface area (Å²) in [5.41, 5.74) is 4.50. The van der Waals surface area contributed by atoms with Crippen LogP contribution < -0.4 is 15.4 Å². The molecule has 180 valence electrons. The highest BCUT2D eigenvalue weighted by atomic mass is 16.5. The Labute approximate surface area is 206 Å². The monoisotopic (exact) mass is 469 g/mol.